The molecule has 1 heterocycles. The van der Waals surface area contributed by atoms with Crippen LogP contribution in [-0.2, 0) is 4.79 Å². The number of aromatic nitrogens is 1. The van der Waals surface area contributed by atoms with E-state index in [4.69, 9.17) is 0 Å². The Balaban J connectivity index is 1.80. The van der Waals surface area contributed by atoms with Gasteiger partial charge >= 0.3 is 0 Å². The standard InChI is InChI=1S/C16H13N3O2S/c1-10(20)17-11-5-4-6-12(9-11)18-15(21)16-19-13-7-2-3-8-14(13)22-16/h2-9H,1H3,(H,17,20)(H,18,21). The molecule has 0 atom stereocenters. The first-order valence-electron chi connectivity index (χ1n) is 6.66. The Labute approximate surface area is 131 Å². The van der Waals surface area contributed by atoms with Crippen LogP contribution >= 0.6 is 11.3 Å². The molecule has 3 aromatic rings. The molecule has 5 nitrogen and oxygen atoms in total. The molecule has 2 aromatic carbocycles. The largest absolute Gasteiger partial charge is 0.326 e. The molecule has 0 saturated carbocycles. The number of nitrogens with zero attached hydrogens (tertiary/aromatic N) is 1. The van der Waals surface area contributed by atoms with Gasteiger partial charge in [-0.2, -0.15) is 0 Å². The van der Waals surface area contributed by atoms with E-state index in [1.807, 2.05) is 24.3 Å². The Morgan fingerprint density at radius 1 is 1.00 bits per heavy atom. The summed E-state index contributed by atoms with van der Waals surface area (Å²) in [5.74, 6) is -0.421. The predicted octanol–water partition coefficient (Wildman–Crippen LogP) is 3.51. The van der Waals surface area contributed by atoms with Gasteiger partial charge in [-0.05, 0) is 30.3 Å². The van der Waals surface area contributed by atoms with Crippen LogP contribution in [0.2, 0.25) is 0 Å². The molecular weight excluding hydrogens is 298 g/mol. The van der Waals surface area contributed by atoms with Gasteiger partial charge in [0.05, 0.1) is 10.2 Å². The third-order valence-electron chi connectivity index (χ3n) is 2.93. The average molecular weight is 311 g/mol. The zero-order valence-corrected chi connectivity index (χ0v) is 12.6. The van der Waals surface area contributed by atoms with Crippen LogP contribution in [0.25, 0.3) is 10.2 Å². The van der Waals surface area contributed by atoms with E-state index in [-0.39, 0.29) is 11.8 Å². The quantitative estimate of drug-likeness (QED) is 0.777. The van der Waals surface area contributed by atoms with Crippen LogP contribution in [-0.4, -0.2) is 16.8 Å². The fourth-order valence-electron chi connectivity index (χ4n) is 2.03. The van der Waals surface area contributed by atoms with Gasteiger partial charge in [-0.1, -0.05) is 18.2 Å². The van der Waals surface area contributed by atoms with Gasteiger partial charge in [-0.15, -0.1) is 11.3 Å². The minimum atomic E-state index is -0.263. The number of hydrogen-bond acceptors (Lipinski definition) is 4. The molecule has 3 rings (SSSR count). The number of nitrogens with one attached hydrogen (secondary N) is 2. The summed E-state index contributed by atoms with van der Waals surface area (Å²) in [4.78, 5) is 27.6. The molecule has 0 unspecified atom stereocenters. The fraction of sp³-hybridized carbons (Fsp3) is 0.0625. The highest BCUT2D eigenvalue weighted by atomic mass is 32.1. The first-order valence-corrected chi connectivity index (χ1v) is 7.48. The van der Waals surface area contributed by atoms with Crippen LogP contribution in [0, 0.1) is 0 Å². The summed E-state index contributed by atoms with van der Waals surface area (Å²) in [6.45, 7) is 1.44. The van der Waals surface area contributed by atoms with Crippen LogP contribution < -0.4 is 10.6 Å². The number of carbonyl (C=O) groups is 2. The summed E-state index contributed by atoms with van der Waals surface area (Å²) >= 11 is 1.35. The van der Waals surface area contributed by atoms with Crippen LogP contribution in [0.1, 0.15) is 16.7 Å². The first-order chi connectivity index (χ1) is 10.6. The molecule has 1 aromatic heterocycles. The molecule has 110 valence electrons. The topological polar surface area (TPSA) is 71.1 Å². The van der Waals surface area contributed by atoms with Crippen molar-refractivity contribution in [1.82, 2.24) is 4.98 Å². The van der Waals surface area contributed by atoms with Gasteiger partial charge < -0.3 is 10.6 Å². The van der Waals surface area contributed by atoms with E-state index in [0.717, 1.165) is 10.2 Å². The SMILES string of the molecule is CC(=O)Nc1cccc(NC(=O)c2nc3ccccc3s2)c1. The molecule has 0 spiro atoms. The van der Waals surface area contributed by atoms with E-state index < -0.39 is 0 Å². The second-order valence-corrected chi connectivity index (χ2v) is 5.73. The lowest BCUT2D eigenvalue weighted by Gasteiger charge is -2.06. The summed E-state index contributed by atoms with van der Waals surface area (Å²) in [6.07, 6.45) is 0. The lowest BCUT2D eigenvalue weighted by atomic mass is 10.2. The van der Waals surface area contributed by atoms with Gasteiger partial charge in [-0.3, -0.25) is 9.59 Å². The number of anilines is 2. The normalized spacial score (nSPS) is 10.4. The van der Waals surface area contributed by atoms with Crippen molar-refractivity contribution in [3.8, 4) is 0 Å². The smallest absolute Gasteiger partial charge is 0.284 e. The summed E-state index contributed by atoms with van der Waals surface area (Å²) in [6, 6.07) is 14.6. The van der Waals surface area contributed by atoms with Crippen molar-refractivity contribution in [1.29, 1.82) is 0 Å². The summed E-state index contributed by atoms with van der Waals surface area (Å²) in [5.41, 5.74) is 2.05. The molecule has 2 N–H and O–H groups in total. The zero-order valence-electron chi connectivity index (χ0n) is 11.8. The Hall–Kier alpha value is -2.73. The van der Waals surface area contributed by atoms with Crippen molar-refractivity contribution >= 4 is 44.7 Å². The molecule has 0 bridgehead atoms. The molecule has 0 aliphatic rings. The maximum absolute atomic E-state index is 12.3. The molecule has 0 saturated heterocycles. The van der Waals surface area contributed by atoms with E-state index in [2.05, 4.69) is 15.6 Å². The number of carbonyl (C=O) groups excluding carboxylic acids is 2. The third kappa shape index (κ3) is 3.12. The van der Waals surface area contributed by atoms with Crippen LogP contribution in [0.5, 0.6) is 0 Å². The van der Waals surface area contributed by atoms with Crippen molar-refractivity contribution in [3.63, 3.8) is 0 Å². The van der Waals surface area contributed by atoms with Gasteiger partial charge in [0.1, 0.15) is 0 Å². The molecule has 6 heteroatoms. The van der Waals surface area contributed by atoms with Crippen molar-refractivity contribution in [2.45, 2.75) is 6.92 Å². The second-order valence-electron chi connectivity index (χ2n) is 4.70. The lowest BCUT2D eigenvalue weighted by molar-refractivity contribution is -0.114. The number of para-hydroxylation sites is 1. The molecule has 0 radical (unpaired) electrons. The second kappa shape index (κ2) is 5.95. The molecule has 0 fully saturated rings. The number of thiazole rings is 1. The molecular formula is C16H13N3O2S. The molecule has 0 aliphatic carbocycles. The number of fused-ring (bicyclic) bond motifs is 1. The van der Waals surface area contributed by atoms with Crippen LogP contribution in [0.15, 0.2) is 48.5 Å². The summed E-state index contributed by atoms with van der Waals surface area (Å²) in [5, 5.41) is 5.88. The van der Waals surface area contributed by atoms with Gasteiger partial charge in [0, 0.05) is 18.3 Å². The van der Waals surface area contributed by atoms with Gasteiger partial charge in [0.15, 0.2) is 5.01 Å². The third-order valence-corrected chi connectivity index (χ3v) is 3.96. The van der Waals surface area contributed by atoms with Crippen molar-refractivity contribution in [2.24, 2.45) is 0 Å². The van der Waals surface area contributed by atoms with Crippen LogP contribution in [0.4, 0.5) is 11.4 Å². The monoisotopic (exact) mass is 311 g/mol. The van der Waals surface area contributed by atoms with E-state index in [9.17, 15) is 9.59 Å². The summed E-state index contributed by atoms with van der Waals surface area (Å²) < 4.78 is 0.972. The highest BCUT2D eigenvalue weighted by Crippen LogP contribution is 2.23. The number of amides is 2. The zero-order chi connectivity index (χ0) is 15.5. The Bertz CT molecular complexity index is 824. The molecule has 2 amide bonds. The minimum absolute atomic E-state index is 0.158. The lowest BCUT2D eigenvalue weighted by Crippen LogP contribution is -2.12. The fourth-order valence-corrected chi connectivity index (χ4v) is 2.89. The number of benzene rings is 2. The molecule has 0 aliphatic heterocycles. The Morgan fingerprint density at radius 3 is 2.45 bits per heavy atom. The highest BCUT2D eigenvalue weighted by molar-refractivity contribution is 7.20. The minimum Gasteiger partial charge on any atom is -0.326 e. The van der Waals surface area contributed by atoms with Crippen molar-refractivity contribution in [3.05, 3.63) is 53.5 Å². The van der Waals surface area contributed by atoms with Crippen molar-refractivity contribution < 1.29 is 9.59 Å². The maximum atomic E-state index is 12.3. The van der Waals surface area contributed by atoms with Gasteiger partial charge in [-0.25, -0.2) is 4.98 Å². The van der Waals surface area contributed by atoms with Gasteiger partial charge in [0.25, 0.3) is 5.91 Å². The van der Waals surface area contributed by atoms with E-state index in [0.29, 0.717) is 16.4 Å². The van der Waals surface area contributed by atoms with Gasteiger partial charge in [0.2, 0.25) is 5.91 Å². The number of hydrogen-bond donors (Lipinski definition) is 2. The predicted molar refractivity (Wildman–Crippen MR) is 88.3 cm³/mol. The maximum Gasteiger partial charge on any atom is 0.284 e. The summed E-state index contributed by atoms with van der Waals surface area (Å²) in [7, 11) is 0. The Kier molecular flexibility index (Phi) is 3.84. The first kappa shape index (κ1) is 14.2. The van der Waals surface area contributed by atoms with Crippen molar-refractivity contribution in [2.75, 3.05) is 10.6 Å². The number of rotatable bonds is 3. The highest BCUT2D eigenvalue weighted by Gasteiger charge is 2.12. The van der Waals surface area contributed by atoms with E-state index >= 15 is 0 Å². The Morgan fingerprint density at radius 2 is 1.73 bits per heavy atom. The van der Waals surface area contributed by atoms with Crippen LogP contribution in [0.3, 0.4) is 0 Å². The molecule has 22 heavy (non-hydrogen) atoms. The van der Waals surface area contributed by atoms with E-state index in [1.165, 1.54) is 18.3 Å². The average Bonchev–Trinajstić information content (AvgIpc) is 2.91. The van der Waals surface area contributed by atoms with E-state index in [1.54, 1.807) is 24.3 Å².